The molecule has 8 heteroatoms. The average molecular weight is 406 g/mol. The summed E-state index contributed by atoms with van der Waals surface area (Å²) in [6, 6.07) is 14.6. The van der Waals surface area contributed by atoms with Gasteiger partial charge in [-0.1, -0.05) is 24.3 Å². The van der Waals surface area contributed by atoms with E-state index in [-0.39, 0.29) is 18.0 Å². The zero-order valence-electron chi connectivity index (χ0n) is 17.0. The van der Waals surface area contributed by atoms with Gasteiger partial charge in [0.15, 0.2) is 17.1 Å². The van der Waals surface area contributed by atoms with Crippen LogP contribution in [0.1, 0.15) is 11.3 Å². The van der Waals surface area contributed by atoms with Crippen LogP contribution in [-0.4, -0.2) is 34.3 Å². The van der Waals surface area contributed by atoms with Crippen molar-refractivity contribution in [3.8, 4) is 11.5 Å². The highest BCUT2D eigenvalue weighted by molar-refractivity contribution is 5.93. The van der Waals surface area contributed by atoms with Gasteiger partial charge in [0, 0.05) is 29.3 Å². The minimum Gasteiger partial charge on any atom is -0.493 e. The molecular weight excluding hydrogens is 384 g/mol. The molecule has 2 aromatic carbocycles. The molecular formula is C22H22N4O4. The molecule has 0 aliphatic rings. The first-order chi connectivity index (χ1) is 14.5. The topological polar surface area (TPSA) is 86.9 Å². The van der Waals surface area contributed by atoms with Crippen molar-refractivity contribution in [2.75, 3.05) is 14.2 Å². The van der Waals surface area contributed by atoms with Crippen molar-refractivity contribution in [1.82, 2.24) is 19.5 Å². The Morgan fingerprint density at radius 1 is 1.10 bits per heavy atom. The number of benzene rings is 2. The van der Waals surface area contributed by atoms with Crippen LogP contribution in [0.4, 0.5) is 0 Å². The number of nitrogens with zero attached hydrogens (tertiary/aromatic N) is 3. The minimum absolute atomic E-state index is 0.0711. The Morgan fingerprint density at radius 2 is 1.90 bits per heavy atom. The quantitative estimate of drug-likeness (QED) is 0.531. The van der Waals surface area contributed by atoms with E-state index in [0.29, 0.717) is 29.4 Å². The highest BCUT2D eigenvalue weighted by atomic mass is 16.5. The number of aryl methyl sites for hydroxylation is 1. The maximum atomic E-state index is 12.8. The van der Waals surface area contributed by atoms with Crippen LogP contribution < -0.4 is 20.3 Å². The van der Waals surface area contributed by atoms with E-state index in [1.54, 1.807) is 24.8 Å². The number of rotatable bonds is 6. The number of hydrogen-bond acceptors (Lipinski definition) is 5. The van der Waals surface area contributed by atoms with E-state index in [4.69, 9.17) is 9.47 Å². The van der Waals surface area contributed by atoms with Crippen molar-refractivity contribution in [3.63, 3.8) is 0 Å². The lowest BCUT2D eigenvalue weighted by atomic mass is 10.2. The lowest BCUT2D eigenvalue weighted by molar-refractivity contribution is -0.122. The number of nitrogens with one attached hydrogen (secondary N) is 1. The van der Waals surface area contributed by atoms with E-state index in [1.807, 2.05) is 48.0 Å². The van der Waals surface area contributed by atoms with Crippen LogP contribution in [0.2, 0.25) is 0 Å². The standard InChI is InChI=1S/C22H22N4O4/c1-14-11-19(27)24-22-16-8-4-5-9-17(16)25(26(14)22)13-20(28)23-12-15-7-6-10-18(29-2)21(15)30-3/h4-11H,12-13H2,1-3H3,(H,23,28). The monoisotopic (exact) mass is 406 g/mol. The van der Waals surface area contributed by atoms with Gasteiger partial charge in [0.2, 0.25) is 5.91 Å². The third kappa shape index (κ3) is 3.36. The Bertz CT molecular complexity index is 1310. The summed E-state index contributed by atoms with van der Waals surface area (Å²) in [7, 11) is 3.14. The molecule has 4 rings (SSSR count). The lowest BCUT2D eigenvalue weighted by Crippen LogP contribution is -2.29. The normalized spacial score (nSPS) is 11.0. The van der Waals surface area contributed by atoms with E-state index in [0.717, 1.165) is 16.5 Å². The number of amides is 1. The summed E-state index contributed by atoms with van der Waals surface area (Å²) >= 11 is 0. The number of ether oxygens (including phenoxy) is 2. The summed E-state index contributed by atoms with van der Waals surface area (Å²) in [6.45, 7) is 2.19. The second-order valence-electron chi connectivity index (χ2n) is 6.88. The summed E-state index contributed by atoms with van der Waals surface area (Å²) in [5.74, 6) is 1.02. The van der Waals surface area contributed by atoms with Crippen molar-refractivity contribution in [2.24, 2.45) is 0 Å². The number of carbonyl (C=O) groups is 1. The van der Waals surface area contributed by atoms with Gasteiger partial charge in [0.05, 0.1) is 19.7 Å². The molecule has 0 aliphatic carbocycles. The zero-order chi connectivity index (χ0) is 21.3. The first-order valence-corrected chi connectivity index (χ1v) is 9.48. The van der Waals surface area contributed by atoms with Crippen molar-refractivity contribution < 1.29 is 14.3 Å². The lowest BCUT2D eigenvalue weighted by Gasteiger charge is -2.14. The second kappa shape index (κ2) is 7.90. The van der Waals surface area contributed by atoms with Crippen LogP contribution in [0, 0.1) is 6.92 Å². The summed E-state index contributed by atoms with van der Waals surface area (Å²) in [6.07, 6.45) is 0. The van der Waals surface area contributed by atoms with Gasteiger partial charge in [-0.3, -0.25) is 14.3 Å². The fraction of sp³-hybridized carbons (Fsp3) is 0.227. The molecule has 154 valence electrons. The molecule has 2 aromatic heterocycles. The van der Waals surface area contributed by atoms with Crippen LogP contribution in [0.15, 0.2) is 53.3 Å². The van der Waals surface area contributed by atoms with E-state index >= 15 is 0 Å². The molecule has 0 saturated carbocycles. The number of methoxy groups -OCH3 is 2. The van der Waals surface area contributed by atoms with Gasteiger partial charge >= 0.3 is 0 Å². The number of hydrogen-bond donors (Lipinski definition) is 1. The maximum Gasteiger partial charge on any atom is 0.273 e. The predicted octanol–water partition coefficient (Wildman–Crippen LogP) is 2.29. The molecule has 0 radical (unpaired) electrons. The van der Waals surface area contributed by atoms with Gasteiger partial charge in [-0.15, -0.1) is 0 Å². The van der Waals surface area contributed by atoms with E-state index in [1.165, 1.54) is 6.07 Å². The Labute approximate surface area is 172 Å². The van der Waals surface area contributed by atoms with Crippen LogP contribution in [0.25, 0.3) is 16.6 Å². The van der Waals surface area contributed by atoms with E-state index < -0.39 is 0 Å². The van der Waals surface area contributed by atoms with E-state index in [9.17, 15) is 9.59 Å². The van der Waals surface area contributed by atoms with Gasteiger partial charge in [-0.2, -0.15) is 4.98 Å². The molecule has 30 heavy (non-hydrogen) atoms. The highest BCUT2D eigenvalue weighted by Crippen LogP contribution is 2.30. The third-order valence-corrected chi connectivity index (χ3v) is 5.00. The molecule has 0 bridgehead atoms. The van der Waals surface area contributed by atoms with E-state index in [2.05, 4.69) is 10.3 Å². The summed E-state index contributed by atoms with van der Waals surface area (Å²) < 4.78 is 14.4. The Morgan fingerprint density at radius 3 is 2.67 bits per heavy atom. The fourth-order valence-corrected chi connectivity index (χ4v) is 3.70. The van der Waals surface area contributed by atoms with Crippen molar-refractivity contribution in [2.45, 2.75) is 20.0 Å². The van der Waals surface area contributed by atoms with Gasteiger partial charge in [-0.25, -0.2) is 4.52 Å². The summed E-state index contributed by atoms with van der Waals surface area (Å²) in [5, 5.41) is 3.75. The molecule has 0 fully saturated rings. The minimum atomic E-state index is -0.301. The van der Waals surface area contributed by atoms with Gasteiger partial charge < -0.3 is 14.8 Å². The van der Waals surface area contributed by atoms with Crippen molar-refractivity contribution >= 4 is 22.5 Å². The maximum absolute atomic E-state index is 12.8. The van der Waals surface area contributed by atoms with Crippen molar-refractivity contribution in [3.05, 3.63) is 70.1 Å². The average Bonchev–Trinajstić information content (AvgIpc) is 3.05. The number of carbonyl (C=O) groups excluding carboxylic acids is 1. The first-order valence-electron chi connectivity index (χ1n) is 9.48. The zero-order valence-corrected chi connectivity index (χ0v) is 17.0. The molecule has 0 aliphatic heterocycles. The Balaban J connectivity index is 1.65. The molecule has 8 nitrogen and oxygen atoms in total. The molecule has 0 unspecified atom stereocenters. The molecule has 0 atom stereocenters. The Hall–Kier alpha value is -3.81. The number of aromatic nitrogens is 3. The van der Waals surface area contributed by atoms with Crippen LogP contribution in [-0.2, 0) is 17.9 Å². The van der Waals surface area contributed by atoms with Crippen LogP contribution >= 0.6 is 0 Å². The smallest absolute Gasteiger partial charge is 0.273 e. The molecule has 2 heterocycles. The van der Waals surface area contributed by atoms with Crippen molar-refractivity contribution in [1.29, 1.82) is 0 Å². The van der Waals surface area contributed by atoms with Gasteiger partial charge in [0.1, 0.15) is 6.54 Å². The van der Waals surface area contributed by atoms with Gasteiger partial charge in [0.25, 0.3) is 5.56 Å². The summed E-state index contributed by atoms with van der Waals surface area (Å²) in [5.41, 5.74) is 2.59. The molecule has 1 amide bonds. The third-order valence-electron chi connectivity index (χ3n) is 5.00. The number of fused-ring (bicyclic) bond motifs is 3. The largest absolute Gasteiger partial charge is 0.493 e. The second-order valence-corrected chi connectivity index (χ2v) is 6.88. The summed E-state index contributed by atoms with van der Waals surface area (Å²) in [4.78, 5) is 28.9. The fourth-order valence-electron chi connectivity index (χ4n) is 3.70. The highest BCUT2D eigenvalue weighted by Gasteiger charge is 2.16. The molecule has 0 saturated heterocycles. The number of para-hydroxylation sites is 2. The SMILES string of the molecule is COc1cccc(CNC(=O)Cn2c3ccccc3c3nc(=O)cc(C)n32)c1OC. The first kappa shape index (κ1) is 19.5. The van der Waals surface area contributed by atoms with Crippen LogP contribution in [0.3, 0.4) is 0 Å². The molecule has 0 spiro atoms. The molecule has 4 aromatic rings. The molecule has 1 N–H and O–H groups in total. The van der Waals surface area contributed by atoms with Gasteiger partial charge in [-0.05, 0) is 25.1 Å². The Kier molecular flexibility index (Phi) is 5.14. The van der Waals surface area contributed by atoms with Crippen LogP contribution in [0.5, 0.6) is 11.5 Å². The predicted molar refractivity (Wildman–Crippen MR) is 113 cm³/mol.